The van der Waals surface area contributed by atoms with Crippen molar-refractivity contribution in [1.29, 1.82) is 0 Å². The molecule has 0 saturated heterocycles. The number of primary amides is 1. The van der Waals surface area contributed by atoms with Crippen LogP contribution in [0.5, 0.6) is 11.5 Å². The average molecular weight is 431 g/mol. The topological polar surface area (TPSA) is 136 Å². The highest BCUT2D eigenvalue weighted by Crippen LogP contribution is 2.36. The van der Waals surface area contributed by atoms with Gasteiger partial charge in [-0.15, -0.1) is 0 Å². The maximum Gasteiger partial charge on any atom is 0.255 e. The van der Waals surface area contributed by atoms with E-state index in [-0.39, 0.29) is 11.8 Å². The Bertz CT molecular complexity index is 1140. The van der Waals surface area contributed by atoms with E-state index in [1.165, 1.54) is 18.7 Å². The molecule has 1 aromatic heterocycles. The maximum atomic E-state index is 12.7. The quantitative estimate of drug-likeness (QED) is 0.499. The minimum absolute atomic E-state index is 0.238. The van der Waals surface area contributed by atoms with Gasteiger partial charge in [-0.25, -0.2) is 9.97 Å². The van der Waals surface area contributed by atoms with Crippen molar-refractivity contribution in [2.24, 2.45) is 5.73 Å². The first-order valence-electron chi connectivity index (χ1n) is 9.98. The maximum absolute atomic E-state index is 12.7. The third-order valence-electron chi connectivity index (χ3n) is 5.12. The van der Waals surface area contributed by atoms with Crippen LogP contribution in [0.3, 0.4) is 0 Å². The number of nitrogens with one attached hydrogen (secondary N) is 2. The number of nitrogens with two attached hydrogens (primary N) is 1. The molecule has 2 aromatic carbocycles. The van der Waals surface area contributed by atoms with Crippen LogP contribution in [0.15, 0.2) is 67.3 Å². The molecular weight excluding hydrogens is 410 g/mol. The second-order valence-electron chi connectivity index (χ2n) is 7.45. The Balaban J connectivity index is 1.33. The van der Waals surface area contributed by atoms with Crippen molar-refractivity contribution < 1.29 is 19.1 Å². The zero-order valence-electron chi connectivity index (χ0n) is 17.1. The Morgan fingerprint density at radius 2 is 1.69 bits per heavy atom. The lowest BCUT2D eigenvalue weighted by Crippen LogP contribution is -2.48. The van der Waals surface area contributed by atoms with E-state index in [0.29, 0.717) is 42.0 Å². The van der Waals surface area contributed by atoms with E-state index in [0.717, 1.165) is 5.56 Å². The molecule has 0 atom stereocenters. The normalized spacial score (nSPS) is 13.6. The molecule has 1 aliphatic carbocycles. The lowest BCUT2D eigenvalue weighted by atomic mass is 10.1. The van der Waals surface area contributed by atoms with Crippen LogP contribution in [-0.4, -0.2) is 33.2 Å². The Hall–Kier alpha value is -4.27. The SMILES string of the molecule is NC(=O)c1ccccc1Oc1ccc(CNC(=O)C2(NC(=O)c3cncnc3)CC2)cc1. The lowest BCUT2D eigenvalue weighted by Gasteiger charge is -2.17. The summed E-state index contributed by atoms with van der Waals surface area (Å²) in [5.41, 5.74) is 5.93. The van der Waals surface area contributed by atoms with Crippen molar-refractivity contribution in [3.05, 3.63) is 83.9 Å². The molecule has 9 heteroatoms. The number of para-hydroxylation sites is 1. The van der Waals surface area contributed by atoms with Crippen LogP contribution in [-0.2, 0) is 11.3 Å². The average Bonchev–Trinajstić information content (AvgIpc) is 3.60. The number of nitrogens with zero attached hydrogens (tertiary/aromatic N) is 2. The summed E-state index contributed by atoms with van der Waals surface area (Å²) in [6, 6.07) is 13.8. The molecule has 162 valence electrons. The third kappa shape index (κ3) is 4.72. The van der Waals surface area contributed by atoms with Gasteiger partial charge in [0.1, 0.15) is 23.4 Å². The minimum Gasteiger partial charge on any atom is -0.457 e. The van der Waals surface area contributed by atoms with E-state index >= 15 is 0 Å². The first-order chi connectivity index (χ1) is 15.5. The van der Waals surface area contributed by atoms with Crippen LogP contribution >= 0.6 is 0 Å². The number of hydrogen-bond acceptors (Lipinski definition) is 6. The van der Waals surface area contributed by atoms with Gasteiger partial charge in [0, 0.05) is 18.9 Å². The standard InChI is InChI=1S/C23H21N5O4/c24-20(29)18-3-1-2-4-19(18)32-17-7-5-15(6-8-17)11-27-22(31)23(9-10-23)28-21(30)16-12-25-14-26-13-16/h1-8,12-14H,9-11H2,(H2,24,29)(H,27,31)(H,28,30). The lowest BCUT2D eigenvalue weighted by molar-refractivity contribution is -0.124. The number of ether oxygens (including phenoxy) is 1. The Labute approximate surface area is 184 Å². The number of carbonyl (C=O) groups excluding carboxylic acids is 3. The first-order valence-corrected chi connectivity index (χ1v) is 9.98. The van der Waals surface area contributed by atoms with Gasteiger partial charge in [-0.1, -0.05) is 24.3 Å². The second-order valence-corrected chi connectivity index (χ2v) is 7.45. The number of rotatable bonds is 8. The van der Waals surface area contributed by atoms with E-state index in [1.54, 1.807) is 36.4 Å². The molecule has 4 rings (SSSR count). The molecule has 0 radical (unpaired) electrons. The Kier molecular flexibility index (Phi) is 5.80. The zero-order valence-corrected chi connectivity index (χ0v) is 17.1. The van der Waals surface area contributed by atoms with Crippen LogP contribution in [0.25, 0.3) is 0 Å². The fraction of sp³-hybridized carbons (Fsp3) is 0.174. The van der Waals surface area contributed by atoms with Crippen LogP contribution in [0.2, 0.25) is 0 Å². The predicted molar refractivity (Wildman–Crippen MR) is 115 cm³/mol. The summed E-state index contributed by atoms with van der Waals surface area (Å²) in [5.74, 6) is -0.281. The van der Waals surface area contributed by atoms with Crippen molar-refractivity contribution >= 4 is 17.7 Å². The molecule has 9 nitrogen and oxygen atoms in total. The van der Waals surface area contributed by atoms with Gasteiger partial charge < -0.3 is 21.1 Å². The van der Waals surface area contributed by atoms with E-state index in [9.17, 15) is 14.4 Å². The molecule has 3 aromatic rings. The third-order valence-corrected chi connectivity index (χ3v) is 5.12. The highest BCUT2D eigenvalue weighted by atomic mass is 16.5. The molecule has 1 heterocycles. The van der Waals surface area contributed by atoms with Crippen LogP contribution in [0, 0.1) is 0 Å². The summed E-state index contributed by atoms with van der Waals surface area (Å²) in [6.07, 6.45) is 5.29. The molecule has 0 aliphatic heterocycles. The highest BCUT2D eigenvalue weighted by Gasteiger charge is 2.51. The van der Waals surface area contributed by atoms with Gasteiger partial charge in [-0.3, -0.25) is 14.4 Å². The van der Waals surface area contributed by atoms with Gasteiger partial charge in [0.05, 0.1) is 11.1 Å². The van der Waals surface area contributed by atoms with E-state index in [2.05, 4.69) is 20.6 Å². The number of hydrogen-bond donors (Lipinski definition) is 3. The highest BCUT2D eigenvalue weighted by molar-refractivity contribution is 6.00. The van der Waals surface area contributed by atoms with Crippen LogP contribution < -0.4 is 21.1 Å². The van der Waals surface area contributed by atoms with E-state index in [1.807, 2.05) is 12.1 Å². The molecule has 1 fully saturated rings. The number of carbonyl (C=O) groups is 3. The number of benzene rings is 2. The van der Waals surface area contributed by atoms with Gasteiger partial charge >= 0.3 is 0 Å². The van der Waals surface area contributed by atoms with Gasteiger partial charge in [0.15, 0.2) is 0 Å². The van der Waals surface area contributed by atoms with Gasteiger partial charge in [0.25, 0.3) is 11.8 Å². The van der Waals surface area contributed by atoms with Crippen molar-refractivity contribution in [2.45, 2.75) is 24.9 Å². The second kappa shape index (κ2) is 8.84. The fourth-order valence-electron chi connectivity index (χ4n) is 3.15. The molecule has 0 spiro atoms. The minimum atomic E-state index is -0.894. The molecule has 32 heavy (non-hydrogen) atoms. The summed E-state index contributed by atoms with van der Waals surface area (Å²) >= 11 is 0. The van der Waals surface area contributed by atoms with Gasteiger partial charge in [-0.2, -0.15) is 0 Å². The summed E-state index contributed by atoms with van der Waals surface area (Å²) in [6.45, 7) is 0.295. The van der Waals surface area contributed by atoms with Gasteiger partial charge in [-0.05, 0) is 42.7 Å². The number of aromatic nitrogens is 2. The molecule has 1 aliphatic rings. The fourth-order valence-corrected chi connectivity index (χ4v) is 3.15. The van der Waals surface area contributed by atoms with E-state index in [4.69, 9.17) is 10.5 Å². The summed E-state index contributed by atoms with van der Waals surface area (Å²) in [4.78, 5) is 44.1. The van der Waals surface area contributed by atoms with E-state index < -0.39 is 11.4 Å². The molecule has 1 saturated carbocycles. The zero-order chi connectivity index (χ0) is 22.6. The molecular formula is C23H21N5O4. The Morgan fingerprint density at radius 3 is 2.34 bits per heavy atom. The van der Waals surface area contributed by atoms with Crippen molar-refractivity contribution in [1.82, 2.24) is 20.6 Å². The van der Waals surface area contributed by atoms with Crippen molar-refractivity contribution in [3.63, 3.8) is 0 Å². The predicted octanol–water partition coefficient (Wildman–Crippen LogP) is 1.95. The smallest absolute Gasteiger partial charge is 0.255 e. The summed E-state index contributed by atoms with van der Waals surface area (Å²) < 4.78 is 5.76. The summed E-state index contributed by atoms with van der Waals surface area (Å²) in [7, 11) is 0. The summed E-state index contributed by atoms with van der Waals surface area (Å²) in [5, 5.41) is 5.65. The van der Waals surface area contributed by atoms with Crippen LogP contribution in [0.1, 0.15) is 39.1 Å². The number of amides is 3. The molecule has 3 amide bonds. The Morgan fingerprint density at radius 1 is 1.00 bits per heavy atom. The van der Waals surface area contributed by atoms with Crippen LogP contribution in [0.4, 0.5) is 0 Å². The largest absolute Gasteiger partial charge is 0.457 e. The molecule has 0 bridgehead atoms. The molecule has 4 N–H and O–H groups in total. The molecule has 0 unspecified atom stereocenters. The van der Waals surface area contributed by atoms with Gasteiger partial charge in [0.2, 0.25) is 5.91 Å². The van der Waals surface area contributed by atoms with Crippen molar-refractivity contribution in [3.8, 4) is 11.5 Å². The van der Waals surface area contributed by atoms with Crippen molar-refractivity contribution in [2.75, 3.05) is 0 Å². The monoisotopic (exact) mass is 431 g/mol. The first kappa shape index (κ1) is 21.0.